The van der Waals surface area contributed by atoms with Crippen LogP contribution in [0.1, 0.15) is 0 Å². The molecule has 318 valence electrons. The minimum atomic E-state index is 1.23. The number of fused-ring (bicyclic) bond motifs is 3. The molecule has 1 heterocycles. The fraction of sp³-hybridized carbons (Fsp3) is 0. The Kier molecular flexibility index (Phi) is 8.33. The highest BCUT2D eigenvalue weighted by molar-refractivity contribution is 7.25. The van der Waals surface area contributed by atoms with Gasteiger partial charge in [-0.25, -0.2) is 0 Å². The minimum Gasteiger partial charge on any atom is -0.135 e. The summed E-state index contributed by atoms with van der Waals surface area (Å²) in [5, 5.41) is 18.2. The molecule has 0 nitrogen and oxygen atoms in total. The number of rotatable bonds is 6. The van der Waals surface area contributed by atoms with Crippen LogP contribution in [0.3, 0.4) is 0 Å². The Hall–Kier alpha value is -8.62. The van der Waals surface area contributed by atoms with Crippen molar-refractivity contribution in [3.8, 4) is 66.8 Å². The van der Waals surface area contributed by atoms with Gasteiger partial charge in [0.25, 0.3) is 0 Å². The summed E-state index contributed by atoms with van der Waals surface area (Å²) in [6, 6.07) is 90.8. The monoisotopic (exact) mass is 888 g/mol. The molecule has 0 aliphatic heterocycles. The molecule has 0 radical (unpaired) electrons. The van der Waals surface area contributed by atoms with E-state index < -0.39 is 0 Å². The summed E-state index contributed by atoms with van der Waals surface area (Å²) in [7, 11) is 0. The maximum Gasteiger partial charge on any atom is 0.0355 e. The highest BCUT2D eigenvalue weighted by Gasteiger charge is 2.19. The van der Waals surface area contributed by atoms with Crippen molar-refractivity contribution in [2.24, 2.45) is 0 Å². The molecule has 0 saturated heterocycles. The summed E-state index contributed by atoms with van der Waals surface area (Å²) < 4.78 is 2.62. The van der Waals surface area contributed by atoms with Crippen LogP contribution in [-0.4, -0.2) is 0 Å². The second-order valence-corrected chi connectivity index (χ2v) is 19.8. The van der Waals surface area contributed by atoms with Crippen LogP contribution in [0.25, 0.3) is 152 Å². The molecule has 14 aromatic carbocycles. The van der Waals surface area contributed by atoms with Gasteiger partial charge < -0.3 is 0 Å². The molecule has 15 rings (SSSR count). The van der Waals surface area contributed by atoms with Crippen molar-refractivity contribution in [2.75, 3.05) is 0 Å². The SMILES string of the molecule is c1ccc(-c2ccc(-c3ccc4ccc5c(-c6ccc7sc8ccc(-c9ccc%10ccc%11c(-c%12cccc(-c%13ccccc%13)c%12)ccc%12ccc9c%10c%12%11)cc8c7c6)ccc6ccc3c4c65)cc2)cc1. The lowest BCUT2D eigenvalue weighted by atomic mass is 9.86. The van der Waals surface area contributed by atoms with Gasteiger partial charge in [0.05, 0.1) is 0 Å². The van der Waals surface area contributed by atoms with Gasteiger partial charge in [-0.15, -0.1) is 11.3 Å². The van der Waals surface area contributed by atoms with E-state index in [-0.39, 0.29) is 0 Å². The molecular formula is C68H40S. The van der Waals surface area contributed by atoms with Crippen LogP contribution < -0.4 is 0 Å². The second-order valence-electron chi connectivity index (χ2n) is 18.7. The van der Waals surface area contributed by atoms with E-state index in [9.17, 15) is 0 Å². The lowest BCUT2D eigenvalue weighted by molar-refractivity contribution is 1.61. The average molecular weight is 889 g/mol. The second kappa shape index (κ2) is 14.9. The molecule has 15 aromatic rings. The molecule has 1 heteroatoms. The molecule has 0 saturated carbocycles. The van der Waals surface area contributed by atoms with Crippen molar-refractivity contribution < 1.29 is 0 Å². The van der Waals surface area contributed by atoms with Gasteiger partial charge in [0.15, 0.2) is 0 Å². The Morgan fingerprint density at radius 1 is 0.188 bits per heavy atom. The van der Waals surface area contributed by atoms with E-state index in [0.29, 0.717) is 0 Å². The predicted octanol–water partition coefficient (Wildman–Crippen LogP) is 19.9. The van der Waals surface area contributed by atoms with E-state index in [2.05, 4.69) is 243 Å². The lowest BCUT2D eigenvalue weighted by Crippen LogP contribution is -1.90. The van der Waals surface area contributed by atoms with E-state index in [1.54, 1.807) is 0 Å². The summed E-state index contributed by atoms with van der Waals surface area (Å²) in [6.07, 6.45) is 0. The van der Waals surface area contributed by atoms with Gasteiger partial charge in [0.2, 0.25) is 0 Å². The van der Waals surface area contributed by atoms with Gasteiger partial charge in [-0.2, -0.15) is 0 Å². The summed E-state index contributed by atoms with van der Waals surface area (Å²) in [4.78, 5) is 0. The Labute approximate surface area is 403 Å². The fourth-order valence-corrected chi connectivity index (χ4v) is 12.8. The van der Waals surface area contributed by atoms with Crippen molar-refractivity contribution in [3.05, 3.63) is 243 Å². The normalized spacial score (nSPS) is 12.1. The smallest absolute Gasteiger partial charge is 0.0355 e. The van der Waals surface area contributed by atoms with E-state index in [0.717, 1.165) is 0 Å². The molecule has 0 bridgehead atoms. The zero-order chi connectivity index (χ0) is 45.2. The summed E-state index contributed by atoms with van der Waals surface area (Å²) in [5.74, 6) is 0. The van der Waals surface area contributed by atoms with Crippen LogP contribution in [0.2, 0.25) is 0 Å². The van der Waals surface area contributed by atoms with E-state index >= 15 is 0 Å². The Morgan fingerprint density at radius 3 is 0.957 bits per heavy atom. The molecule has 0 spiro atoms. The van der Waals surface area contributed by atoms with Gasteiger partial charge in [0.1, 0.15) is 0 Å². The maximum atomic E-state index is 2.45. The van der Waals surface area contributed by atoms with Crippen molar-refractivity contribution in [1.82, 2.24) is 0 Å². The fourth-order valence-electron chi connectivity index (χ4n) is 11.7. The Balaban J connectivity index is 0.843. The number of hydrogen-bond acceptors (Lipinski definition) is 1. The molecule has 0 fully saturated rings. The Morgan fingerprint density at radius 2 is 0.507 bits per heavy atom. The van der Waals surface area contributed by atoms with Crippen molar-refractivity contribution in [1.29, 1.82) is 0 Å². The third kappa shape index (κ3) is 5.94. The quantitative estimate of drug-likeness (QED) is 0.146. The number of benzene rings is 14. The van der Waals surface area contributed by atoms with Gasteiger partial charge in [0, 0.05) is 20.2 Å². The molecule has 0 aliphatic rings. The van der Waals surface area contributed by atoms with Crippen LogP contribution in [0.15, 0.2) is 243 Å². The predicted molar refractivity (Wildman–Crippen MR) is 299 cm³/mol. The van der Waals surface area contributed by atoms with E-state index in [4.69, 9.17) is 0 Å². The number of hydrogen-bond donors (Lipinski definition) is 0. The van der Waals surface area contributed by atoms with Gasteiger partial charge in [-0.05, 0) is 162 Å². The molecule has 1 aromatic heterocycles. The Bertz CT molecular complexity index is 4500. The van der Waals surface area contributed by atoms with Crippen LogP contribution in [-0.2, 0) is 0 Å². The zero-order valence-electron chi connectivity index (χ0n) is 37.5. The van der Waals surface area contributed by atoms with Gasteiger partial charge in [-0.1, -0.05) is 212 Å². The highest BCUT2D eigenvalue weighted by atomic mass is 32.1. The first-order valence-corrected chi connectivity index (χ1v) is 24.7. The summed E-state index contributed by atoms with van der Waals surface area (Å²) >= 11 is 1.89. The highest BCUT2D eigenvalue weighted by Crippen LogP contribution is 2.47. The van der Waals surface area contributed by atoms with Crippen LogP contribution in [0.4, 0.5) is 0 Å². The van der Waals surface area contributed by atoms with Crippen molar-refractivity contribution in [2.45, 2.75) is 0 Å². The molecule has 0 N–H and O–H groups in total. The summed E-state index contributed by atoms with van der Waals surface area (Å²) in [5.41, 5.74) is 15.0. The van der Waals surface area contributed by atoms with Gasteiger partial charge in [-0.3, -0.25) is 0 Å². The first-order valence-electron chi connectivity index (χ1n) is 23.9. The van der Waals surface area contributed by atoms with Crippen LogP contribution >= 0.6 is 11.3 Å². The van der Waals surface area contributed by atoms with Crippen molar-refractivity contribution >= 4 is 96.1 Å². The first-order chi connectivity index (χ1) is 34.2. The maximum absolute atomic E-state index is 2.45. The van der Waals surface area contributed by atoms with Crippen LogP contribution in [0.5, 0.6) is 0 Å². The minimum absolute atomic E-state index is 1.23. The number of thiophene rings is 1. The molecule has 0 aliphatic carbocycles. The zero-order valence-corrected chi connectivity index (χ0v) is 38.3. The van der Waals surface area contributed by atoms with E-state index in [1.807, 2.05) is 11.3 Å². The third-order valence-corrected chi connectivity index (χ3v) is 16.2. The summed E-state index contributed by atoms with van der Waals surface area (Å²) in [6.45, 7) is 0. The van der Waals surface area contributed by atoms with Crippen LogP contribution in [0, 0.1) is 0 Å². The van der Waals surface area contributed by atoms with Crippen molar-refractivity contribution in [3.63, 3.8) is 0 Å². The first kappa shape index (κ1) is 38.5. The lowest BCUT2D eigenvalue weighted by Gasteiger charge is -2.17. The molecule has 0 atom stereocenters. The topological polar surface area (TPSA) is 0 Å². The standard InChI is InChI=1S/C68H40S/c1-3-8-41(9-4-1)43-14-16-44(17-15-43)53-28-18-45-24-34-59-55(30-20-47-22-32-57(53)65(45)67(47)59)51-26-36-63-61(39-51)62-40-52(27-37-64(62)69-63)56-31-21-48-23-33-58-54(29-19-46-25-35-60(56)68(48)66(46)58)50-13-7-12-49(38-50)42-10-5-2-6-11-42/h1-40H. The molecule has 0 unspecified atom stereocenters. The van der Waals surface area contributed by atoms with Gasteiger partial charge >= 0.3 is 0 Å². The average Bonchev–Trinajstić information content (AvgIpc) is 3.79. The molecular weight excluding hydrogens is 849 g/mol. The van der Waals surface area contributed by atoms with E-state index in [1.165, 1.54) is 152 Å². The largest absolute Gasteiger partial charge is 0.135 e. The third-order valence-electron chi connectivity index (χ3n) is 15.0. The molecule has 0 amide bonds. The molecule has 69 heavy (non-hydrogen) atoms.